The fourth-order valence-electron chi connectivity index (χ4n) is 4.16. The standard InChI is InChI=1S/C19H22N4O3S/c1-27(25,26)15-4-2-14(3-5-15)13-22-10-6-18-17(22)7-11-23(18)19(24)16-12-20-8-9-21-16/h2-5,8-9,12,17-18H,6-7,10-11,13H2,1H3/t17-,18-/m0/s1. The molecule has 0 N–H and O–H groups in total. The normalized spacial score (nSPS) is 22.8. The largest absolute Gasteiger partial charge is 0.333 e. The van der Waals surface area contributed by atoms with Crippen LogP contribution in [0, 0.1) is 0 Å². The average molecular weight is 386 g/mol. The van der Waals surface area contributed by atoms with E-state index < -0.39 is 9.84 Å². The summed E-state index contributed by atoms with van der Waals surface area (Å²) in [5, 5.41) is 0. The van der Waals surface area contributed by atoms with Gasteiger partial charge in [-0.25, -0.2) is 13.4 Å². The minimum atomic E-state index is -3.17. The lowest BCUT2D eigenvalue weighted by atomic mass is 10.1. The topological polar surface area (TPSA) is 83.5 Å². The highest BCUT2D eigenvalue weighted by Gasteiger charge is 2.44. The summed E-state index contributed by atoms with van der Waals surface area (Å²) in [6, 6.07) is 7.62. The van der Waals surface area contributed by atoms with Crippen LogP contribution in [0.15, 0.2) is 47.8 Å². The Kier molecular flexibility index (Phi) is 4.69. The van der Waals surface area contributed by atoms with Gasteiger partial charge >= 0.3 is 0 Å². The van der Waals surface area contributed by atoms with E-state index in [9.17, 15) is 13.2 Å². The molecule has 2 saturated heterocycles. The molecule has 1 aromatic heterocycles. The quantitative estimate of drug-likeness (QED) is 0.789. The van der Waals surface area contributed by atoms with Crippen LogP contribution >= 0.6 is 0 Å². The molecule has 27 heavy (non-hydrogen) atoms. The molecule has 0 spiro atoms. The van der Waals surface area contributed by atoms with Crippen LogP contribution in [0.5, 0.6) is 0 Å². The molecule has 0 unspecified atom stereocenters. The van der Waals surface area contributed by atoms with Crippen molar-refractivity contribution in [3.8, 4) is 0 Å². The molecule has 2 fully saturated rings. The van der Waals surface area contributed by atoms with E-state index in [0.717, 1.165) is 38.0 Å². The molecule has 1 aromatic carbocycles. The smallest absolute Gasteiger partial charge is 0.274 e. The van der Waals surface area contributed by atoms with Gasteiger partial charge in [0.15, 0.2) is 9.84 Å². The number of benzene rings is 1. The molecule has 0 radical (unpaired) electrons. The van der Waals surface area contributed by atoms with E-state index in [1.54, 1.807) is 24.5 Å². The van der Waals surface area contributed by atoms with Gasteiger partial charge in [-0.1, -0.05) is 12.1 Å². The van der Waals surface area contributed by atoms with E-state index in [-0.39, 0.29) is 11.9 Å². The van der Waals surface area contributed by atoms with Gasteiger partial charge in [-0.05, 0) is 30.5 Å². The number of carbonyl (C=O) groups is 1. The van der Waals surface area contributed by atoms with Crippen LogP contribution in [0.25, 0.3) is 0 Å². The van der Waals surface area contributed by atoms with Gasteiger partial charge in [0.25, 0.3) is 5.91 Å². The number of nitrogens with zero attached hydrogens (tertiary/aromatic N) is 4. The minimum absolute atomic E-state index is 0.0463. The Morgan fingerprint density at radius 1 is 1.11 bits per heavy atom. The van der Waals surface area contributed by atoms with Crippen molar-refractivity contribution >= 4 is 15.7 Å². The van der Waals surface area contributed by atoms with Crippen molar-refractivity contribution in [2.24, 2.45) is 0 Å². The second kappa shape index (κ2) is 7.01. The molecule has 7 nitrogen and oxygen atoms in total. The Morgan fingerprint density at radius 2 is 1.85 bits per heavy atom. The van der Waals surface area contributed by atoms with Gasteiger partial charge < -0.3 is 4.90 Å². The molecule has 2 atom stereocenters. The van der Waals surface area contributed by atoms with Gasteiger partial charge in [0.05, 0.1) is 11.1 Å². The van der Waals surface area contributed by atoms with E-state index in [0.29, 0.717) is 16.6 Å². The zero-order valence-electron chi connectivity index (χ0n) is 15.2. The Balaban J connectivity index is 1.44. The van der Waals surface area contributed by atoms with Crippen molar-refractivity contribution in [1.29, 1.82) is 0 Å². The number of likely N-dealkylation sites (tertiary alicyclic amines) is 2. The predicted octanol–water partition coefficient (Wildman–Crippen LogP) is 1.37. The molecular formula is C19H22N4O3S. The maximum Gasteiger partial charge on any atom is 0.274 e. The molecule has 1 amide bonds. The first kappa shape index (κ1) is 18.1. The van der Waals surface area contributed by atoms with Crippen LogP contribution in [-0.2, 0) is 16.4 Å². The fourth-order valence-corrected chi connectivity index (χ4v) is 4.79. The third-order valence-corrected chi connectivity index (χ3v) is 6.60. The third kappa shape index (κ3) is 3.59. The van der Waals surface area contributed by atoms with Gasteiger partial charge in [-0.3, -0.25) is 14.7 Å². The molecule has 8 heteroatoms. The van der Waals surface area contributed by atoms with E-state index in [1.807, 2.05) is 17.0 Å². The SMILES string of the molecule is CS(=O)(=O)c1ccc(CN2CC[C@H]3[C@@H]2CCN3C(=O)c2cnccn2)cc1. The van der Waals surface area contributed by atoms with Crippen LogP contribution in [0.2, 0.25) is 0 Å². The molecular weight excluding hydrogens is 364 g/mol. The van der Waals surface area contributed by atoms with Gasteiger partial charge in [0.1, 0.15) is 5.69 Å². The van der Waals surface area contributed by atoms with Crippen LogP contribution < -0.4 is 0 Å². The van der Waals surface area contributed by atoms with Crippen molar-refractivity contribution in [3.63, 3.8) is 0 Å². The predicted molar refractivity (Wildman–Crippen MR) is 99.8 cm³/mol. The minimum Gasteiger partial charge on any atom is -0.333 e. The zero-order valence-corrected chi connectivity index (χ0v) is 16.0. The molecule has 142 valence electrons. The highest BCUT2D eigenvalue weighted by Crippen LogP contribution is 2.33. The van der Waals surface area contributed by atoms with E-state index in [1.165, 1.54) is 12.5 Å². The molecule has 3 heterocycles. The van der Waals surface area contributed by atoms with Gasteiger partial charge in [-0.15, -0.1) is 0 Å². The number of aromatic nitrogens is 2. The van der Waals surface area contributed by atoms with Crippen LogP contribution in [0.1, 0.15) is 28.9 Å². The Bertz CT molecular complexity index is 931. The first-order chi connectivity index (χ1) is 12.9. The lowest BCUT2D eigenvalue weighted by molar-refractivity contribution is 0.0725. The Hall–Kier alpha value is -2.32. The summed E-state index contributed by atoms with van der Waals surface area (Å²) in [5.41, 5.74) is 1.48. The monoisotopic (exact) mass is 386 g/mol. The number of hydrogen-bond acceptors (Lipinski definition) is 6. The van der Waals surface area contributed by atoms with Gasteiger partial charge in [0.2, 0.25) is 0 Å². The maximum atomic E-state index is 12.7. The highest BCUT2D eigenvalue weighted by atomic mass is 32.2. The fraction of sp³-hybridized carbons (Fsp3) is 0.421. The molecule has 2 aliphatic heterocycles. The molecule has 2 aliphatic rings. The van der Waals surface area contributed by atoms with E-state index in [4.69, 9.17) is 0 Å². The third-order valence-electron chi connectivity index (χ3n) is 5.47. The molecule has 2 aromatic rings. The molecule has 4 rings (SSSR count). The van der Waals surface area contributed by atoms with Crippen molar-refractivity contribution in [2.75, 3.05) is 19.3 Å². The number of rotatable bonds is 4. The number of carbonyl (C=O) groups excluding carboxylic acids is 1. The summed E-state index contributed by atoms with van der Waals surface area (Å²) < 4.78 is 23.2. The summed E-state index contributed by atoms with van der Waals surface area (Å²) in [6.07, 6.45) is 7.73. The summed E-state index contributed by atoms with van der Waals surface area (Å²) >= 11 is 0. The van der Waals surface area contributed by atoms with Gasteiger partial charge in [-0.2, -0.15) is 0 Å². The summed E-state index contributed by atoms with van der Waals surface area (Å²) in [7, 11) is -3.17. The highest BCUT2D eigenvalue weighted by molar-refractivity contribution is 7.90. The summed E-state index contributed by atoms with van der Waals surface area (Å²) in [6.45, 7) is 2.42. The summed E-state index contributed by atoms with van der Waals surface area (Å²) in [5.74, 6) is -0.0463. The van der Waals surface area contributed by atoms with Crippen LogP contribution in [-0.4, -0.2) is 65.5 Å². The van der Waals surface area contributed by atoms with Crippen molar-refractivity contribution < 1.29 is 13.2 Å². The number of fused-ring (bicyclic) bond motifs is 1. The molecule has 0 saturated carbocycles. The van der Waals surface area contributed by atoms with Crippen LogP contribution in [0.4, 0.5) is 0 Å². The van der Waals surface area contributed by atoms with Crippen molar-refractivity contribution in [2.45, 2.75) is 36.4 Å². The Morgan fingerprint density at radius 3 is 2.52 bits per heavy atom. The lowest BCUT2D eigenvalue weighted by Gasteiger charge is -2.25. The molecule has 0 bridgehead atoms. The first-order valence-corrected chi connectivity index (χ1v) is 10.9. The van der Waals surface area contributed by atoms with Crippen molar-refractivity contribution in [1.82, 2.24) is 19.8 Å². The second-order valence-electron chi connectivity index (χ2n) is 7.19. The maximum absolute atomic E-state index is 12.7. The second-order valence-corrected chi connectivity index (χ2v) is 9.20. The zero-order chi connectivity index (χ0) is 19.0. The first-order valence-electron chi connectivity index (χ1n) is 9.03. The lowest BCUT2D eigenvalue weighted by Crippen LogP contribution is -2.39. The number of amides is 1. The summed E-state index contributed by atoms with van der Waals surface area (Å²) in [4.78, 5) is 25.5. The number of hydrogen-bond donors (Lipinski definition) is 0. The van der Waals surface area contributed by atoms with Gasteiger partial charge in [0, 0.05) is 50.4 Å². The van der Waals surface area contributed by atoms with E-state index in [2.05, 4.69) is 14.9 Å². The Labute approximate surface area is 159 Å². The van der Waals surface area contributed by atoms with Crippen molar-refractivity contribution in [3.05, 3.63) is 54.1 Å². The average Bonchev–Trinajstić information content (AvgIpc) is 3.25. The van der Waals surface area contributed by atoms with E-state index >= 15 is 0 Å². The number of sulfone groups is 1. The molecule has 0 aliphatic carbocycles. The van der Waals surface area contributed by atoms with Crippen LogP contribution in [0.3, 0.4) is 0 Å².